The first-order valence-corrected chi connectivity index (χ1v) is 12.3. The quantitative estimate of drug-likeness (QED) is 0.282. The number of carbonyl (C=O) groups is 2. The number of ether oxygens (including phenoxy) is 2. The number of benzene rings is 1. The molecule has 0 radical (unpaired) electrons. The maximum Gasteiger partial charge on any atom is 0.416 e. The zero-order valence-corrected chi connectivity index (χ0v) is 20.8. The summed E-state index contributed by atoms with van der Waals surface area (Å²) in [6, 6.07) is 9.90. The molecular weight excluding hydrogens is 517 g/mol. The zero-order valence-electron chi connectivity index (χ0n) is 20.8. The van der Waals surface area contributed by atoms with Crippen molar-refractivity contribution in [2.45, 2.75) is 38.6 Å². The van der Waals surface area contributed by atoms with E-state index in [4.69, 9.17) is 9.47 Å². The molecule has 0 saturated carbocycles. The third-order valence-corrected chi connectivity index (χ3v) is 6.36. The molecule has 1 saturated heterocycles. The van der Waals surface area contributed by atoms with Crippen molar-refractivity contribution in [3.8, 4) is 0 Å². The highest BCUT2D eigenvalue weighted by Crippen LogP contribution is 2.29. The van der Waals surface area contributed by atoms with Crippen LogP contribution in [-0.4, -0.2) is 45.1 Å². The molecule has 1 aliphatic heterocycles. The number of carbonyl (C=O) groups excluding carboxylic acids is 2. The fourth-order valence-electron chi connectivity index (χ4n) is 4.48. The first-order valence-electron chi connectivity index (χ1n) is 12.3. The molecule has 0 bridgehead atoms. The molecule has 0 aliphatic carbocycles. The van der Waals surface area contributed by atoms with Crippen LogP contribution in [0.15, 0.2) is 64.5 Å². The van der Waals surface area contributed by atoms with Crippen molar-refractivity contribution in [3.05, 3.63) is 87.3 Å². The molecule has 9 nitrogen and oxygen atoms in total. The molecule has 1 atom stereocenters. The van der Waals surface area contributed by atoms with Crippen molar-refractivity contribution in [1.82, 2.24) is 14.0 Å². The second-order valence-corrected chi connectivity index (χ2v) is 8.92. The van der Waals surface area contributed by atoms with Gasteiger partial charge in [0.15, 0.2) is 5.49 Å². The van der Waals surface area contributed by atoms with Gasteiger partial charge in [-0.15, -0.1) is 0 Å². The van der Waals surface area contributed by atoms with Gasteiger partial charge in [0, 0.05) is 18.4 Å². The van der Waals surface area contributed by atoms with E-state index in [1.54, 1.807) is 31.3 Å². The molecular formula is C27H23F3N4O5. The highest BCUT2D eigenvalue weighted by molar-refractivity contribution is 5.97. The van der Waals surface area contributed by atoms with Crippen LogP contribution in [0.3, 0.4) is 0 Å². The fraction of sp³-hybridized carbons (Fsp3) is 0.296. The van der Waals surface area contributed by atoms with Crippen molar-refractivity contribution in [3.63, 3.8) is 0 Å². The Morgan fingerprint density at radius 2 is 1.95 bits per heavy atom. The second kappa shape index (κ2) is 10.4. The largest absolute Gasteiger partial charge is 0.462 e. The Kier molecular flexibility index (Phi) is 7.04. The van der Waals surface area contributed by atoms with Crippen molar-refractivity contribution in [2.24, 2.45) is 4.99 Å². The third kappa shape index (κ3) is 5.19. The molecule has 0 spiro atoms. The van der Waals surface area contributed by atoms with E-state index in [1.807, 2.05) is 0 Å². The molecule has 1 aromatic carbocycles. The molecule has 1 unspecified atom stereocenters. The lowest BCUT2D eigenvalue weighted by molar-refractivity contribution is -0.137. The molecule has 1 fully saturated rings. The Morgan fingerprint density at radius 1 is 1.18 bits per heavy atom. The lowest BCUT2D eigenvalue weighted by atomic mass is 10.1. The molecule has 39 heavy (non-hydrogen) atoms. The number of esters is 1. The predicted octanol–water partition coefficient (Wildman–Crippen LogP) is 3.76. The Balaban J connectivity index is 1.79. The molecule has 0 N–H and O–H groups in total. The summed E-state index contributed by atoms with van der Waals surface area (Å²) in [7, 11) is 0. The average molecular weight is 540 g/mol. The summed E-state index contributed by atoms with van der Waals surface area (Å²) in [5, 5.41) is 0.0979. The minimum Gasteiger partial charge on any atom is -0.462 e. The van der Waals surface area contributed by atoms with Gasteiger partial charge in [-0.1, -0.05) is 6.07 Å². The molecule has 12 heteroatoms. The molecule has 5 rings (SSSR count). The molecule has 1 amide bonds. The van der Waals surface area contributed by atoms with Gasteiger partial charge in [0.25, 0.3) is 11.5 Å². The SMILES string of the molecule is CCOC(=O)c1cc2c(=O)n3ccccc3nc2n(CC2CCCO2)c1=NC(=O)c1ccc(C(F)(F)F)cc1. The second-order valence-electron chi connectivity index (χ2n) is 8.92. The van der Waals surface area contributed by atoms with Gasteiger partial charge in [-0.25, -0.2) is 9.78 Å². The van der Waals surface area contributed by atoms with Crippen molar-refractivity contribution < 1.29 is 32.2 Å². The van der Waals surface area contributed by atoms with Crippen LogP contribution in [0.1, 0.15) is 46.0 Å². The number of hydrogen-bond acceptors (Lipinski definition) is 6. The van der Waals surface area contributed by atoms with Crippen LogP contribution in [0.2, 0.25) is 0 Å². The van der Waals surface area contributed by atoms with E-state index in [0.29, 0.717) is 18.7 Å². The average Bonchev–Trinajstić information content (AvgIpc) is 3.43. The normalized spacial score (nSPS) is 16.2. The number of amides is 1. The minimum absolute atomic E-state index is 0.0177. The summed E-state index contributed by atoms with van der Waals surface area (Å²) < 4.78 is 52.8. The van der Waals surface area contributed by atoms with Crippen molar-refractivity contribution >= 4 is 28.6 Å². The van der Waals surface area contributed by atoms with Crippen LogP contribution in [0.4, 0.5) is 13.2 Å². The number of nitrogens with zero attached hydrogens (tertiary/aromatic N) is 4. The number of aromatic nitrogens is 3. The van der Waals surface area contributed by atoms with Crippen LogP contribution in [0.5, 0.6) is 0 Å². The van der Waals surface area contributed by atoms with Crippen LogP contribution in [0, 0.1) is 0 Å². The van der Waals surface area contributed by atoms with Crippen LogP contribution < -0.4 is 11.0 Å². The summed E-state index contributed by atoms with van der Waals surface area (Å²) in [6.07, 6.45) is -1.83. The van der Waals surface area contributed by atoms with E-state index in [0.717, 1.165) is 30.7 Å². The van der Waals surface area contributed by atoms with Gasteiger partial charge in [-0.3, -0.25) is 14.0 Å². The number of rotatable bonds is 5. The summed E-state index contributed by atoms with van der Waals surface area (Å²) in [6.45, 7) is 2.27. The summed E-state index contributed by atoms with van der Waals surface area (Å²) in [4.78, 5) is 48.4. The maximum atomic E-state index is 13.4. The van der Waals surface area contributed by atoms with Gasteiger partial charge in [-0.2, -0.15) is 18.2 Å². The predicted molar refractivity (Wildman–Crippen MR) is 133 cm³/mol. The highest BCUT2D eigenvalue weighted by atomic mass is 19.4. The topological polar surface area (TPSA) is 104 Å². The monoisotopic (exact) mass is 540 g/mol. The Bertz CT molecular complexity index is 1700. The Labute approximate surface area is 219 Å². The number of alkyl halides is 3. The Hall–Kier alpha value is -4.32. The van der Waals surface area contributed by atoms with E-state index >= 15 is 0 Å². The first kappa shape index (κ1) is 26.3. The van der Waals surface area contributed by atoms with E-state index in [9.17, 15) is 27.6 Å². The number of fused-ring (bicyclic) bond motifs is 2. The van der Waals surface area contributed by atoms with E-state index in [1.165, 1.54) is 15.0 Å². The van der Waals surface area contributed by atoms with Crippen molar-refractivity contribution in [1.29, 1.82) is 0 Å². The van der Waals surface area contributed by atoms with E-state index in [2.05, 4.69) is 9.98 Å². The standard InChI is InChI=1S/C27H23F3N4O5/c1-2-38-26(37)20-14-19-22(31-21-7-3-4-12-33(21)25(19)36)34(15-18-6-5-13-39-18)23(20)32-24(35)16-8-10-17(11-9-16)27(28,29)30/h3-4,7-12,14,18H,2,5-6,13,15H2,1H3. The summed E-state index contributed by atoms with van der Waals surface area (Å²) in [5.41, 5.74) is -1.25. The van der Waals surface area contributed by atoms with Crippen molar-refractivity contribution in [2.75, 3.05) is 13.2 Å². The molecule has 3 aromatic heterocycles. The summed E-state index contributed by atoms with van der Waals surface area (Å²) >= 11 is 0. The van der Waals surface area contributed by atoms with Gasteiger partial charge in [-0.05, 0) is 62.2 Å². The number of halogens is 3. The van der Waals surface area contributed by atoms with Gasteiger partial charge >= 0.3 is 12.1 Å². The molecule has 4 aromatic rings. The number of pyridine rings is 2. The van der Waals surface area contributed by atoms with Gasteiger partial charge in [0.2, 0.25) is 0 Å². The number of hydrogen-bond donors (Lipinski definition) is 0. The van der Waals surface area contributed by atoms with Gasteiger partial charge in [0.1, 0.15) is 16.9 Å². The zero-order chi connectivity index (χ0) is 27.7. The molecule has 1 aliphatic rings. The van der Waals surface area contributed by atoms with Gasteiger partial charge < -0.3 is 14.0 Å². The minimum atomic E-state index is -4.57. The highest BCUT2D eigenvalue weighted by Gasteiger charge is 2.30. The van der Waals surface area contributed by atoms with E-state index < -0.39 is 29.2 Å². The lowest BCUT2D eigenvalue weighted by Gasteiger charge is -2.18. The van der Waals surface area contributed by atoms with Crippen LogP contribution >= 0.6 is 0 Å². The van der Waals surface area contributed by atoms with Crippen LogP contribution in [0.25, 0.3) is 16.7 Å². The summed E-state index contributed by atoms with van der Waals surface area (Å²) in [5.74, 6) is -1.70. The molecule has 202 valence electrons. The third-order valence-electron chi connectivity index (χ3n) is 6.36. The maximum absolute atomic E-state index is 13.4. The van der Waals surface area contributed by atoms with E-state index in [-0.39, 0.29) is 46.9 Å². The van der Waals surface area contributed by atoms with Crippen LogP contribution in [-0.2, 0) is 22.2 Å². The Morgan fingerprint density at radius 3 is 2.62 bits per heavy atom. The molecule has 4 heterocycles. The van der Waals surface area contributed by atoms with Gasteiger partial charge in [0.05, 0.1) is 30.2 Å². The fourth-order valence-corrected chi connectivity index (χ4v) is 4.48. The smallest absolute Gasteiger partial charge is 0.416 e. The first-order chi connectivity index (χ1) is 18.7. The lowest BCUT2D eigenvalue weighted by Crippen LogP contribution is -2.35.